The van der Waals surface area contributed by atoms with Gasteiger partial charge in [-0.3, -0.25) is 9.59 Å². The second-order valence-electron chi connectivity index (χ2n) is 4.58. The van der Waals surface area contributed by atoms with Gasteiger partial charge in [-0.25, -0.2) is 4.79 Å². The number of nitrogens with two attached hydrogens (primary N) is 1. The fourth-order valence-electron chi connectivity index (χ4n) is 1.69. The lowest BCUT2D eigenvalue weighted by Crippen LogP contribution is -2.41. The Bertz CT molecular complexity index is 513. The van der Waals surface area contributed by atoms with Crippen LogP contribution < -0.4 is 11.1 Å². The van der Waals surface area contributed by atoms with Gasteiger partial charge in [0.2, 0.25) is 5.91 Å². The van der Waals surface area contributed by atoms with E-state index in [1.165, 1.54) is 12.1 Å². The van der Waals surface area contributed by atoms with Crippen molar-refractivity contribution in [3.8, 4) is 0 Å². The molecule has 5 N–H and O–H groups in total. The molecule has 0 bridgehead atoms. The van der Waals surface area contributed by atoms with Gasteiger partial charge < -0.3 is 21.3 Å². The summed E-state index contributed by atoms with van der Waals surface area (Å²) in [5.74, 6) is -2.37. The molecule has 0 aromatic heterocycles. The van der Waals surface area contributed by atoms with Crippen LogP contribution in [0.25, 0.3) is 0 Å². The van der Waals surface area contributed by atoms with E-state index in [2.05, 4.69) is 5.32 Å². The number of amides is 1. The summed E-state index contributed by atoms with van der Waals surface area (Å²) in [7, 11) is 0. The topological polar surface area (TPSA) is 130 Å². The van der Waals surface area contributed by atoms with Crippen LogP contribution in [0.4, 0.5) is 0 Å². The third-order valence-electron chi connectivity index (χ3n) is 2.92. The Morgan fingerprint density at radius 3 is 2.29 bits per heavy atom. The average molecular weight is 294 g/mol. The third kappa shape index (κ3) is 6.05. The van der Waals surface area contributed by atoms with Crippen molar-refractivity contribution < 1.29 is 24.6 Å². The van der Waals surface area contributed by atoms with Gasteiger partial charge in [0.1, 0.15) is 0 Å². The number of carbonyl (C=O) groups excluding carboxylic acids is 1. The monoisotopic (exact) mass is 294 g/mol. The van der Waals surface area contributed by atoms with Crippen LogP contribution in [-0.4, -0.2) is 40.6 Å². The Kier molecular flexibility index (Phi) is 6.35. The zero-order chi connectivity index (χ0) is 15.8. The van der Waals surface area contributed by atoms with Crippen LogP contribution in [-0.2, 0) is 16.0 Å². The molecule has 0 aliphatic carbocycles. The lowest BCUT2D eigenvalue weighted by molar-refractivity contribution is -0.137. The molecule has 0 heterocycles. The smallest absolute Gasteiger partial charge is 0.335 e. The minimum atomic E-state index is -0.989. The molecule has 1 rings (SSSR count). The largest absolute Gasteiger partial charge is 0.481 e. The highest BCUT2D eigenvalue weighted by atomic mass is 16.4. The van der Waals surface area contributed by atoms with Crippen LogP contribution >= 0.6 is 0 Å². The number of aromatic carboxylic acids is 1. The molecule has 1 amide bonds. The number of hydrogen-bond acceptors (Lipinski definition) is 4. The second-order valence-corrected chi connectivity index (χ2v) is 4.58. The molecule has 0 fully saturated rings. The summed E-state index contributed by atoms with van der Waals surface area (Å²) in [6.45, 7) is 0.353. The Hall–Kier alpha value is -2.41. The summed E-state index contributed by atoms with van der Waals surface area (Å²) in [6, 6.07) is 5.52. The first-order chi connectivity index (χ1) is 9.90. The molecule has 1 unspecified atom stereocenters. The zero-order valence-corrected chi connectivity index (χ0v) is 11.4. The summed E-state index contributed by atoms with van der Waals surface area (Å²) in [4.78, 5) is 32.6. The highest BCUT2D eigenvalue weighted by Crippen LogP contribution is 2.05. The van der Waals surface area contributed by atoms with E-state index in [1.807, 2.05) is 0 Å². The van der Waals surface area contributed by atoms with Crippen LogP contribution in [0.15, 0.2) is 24.3 Å². The van der Waals surface area contributed by atoms with Gasteiger partial charge in [-0.15, -0.1) is 0 Å². The molecular formula is C14H18N2O5. The van der Waals surface area contributed by atoms with Crippen LogP contribution in [0.1, 0.15) is 28.8 Å². The van der Waals surface area contributed by atoms with E-state index < -0.39 is 23.9 Å². The lowest BCUT2D eigenvalue weighted by atomic mass is 10.1. The molecule has 0 saturated heterocycles. The van der Waals surface area contributed by atoms with E-state index in [4.69, 9.17) is 15.9 Å². The van der Waals surface area contributed by atoms with Gasteiger partial charge in [0.15, 0.2) is 0 Å². The van der Waals surface area contributed by atoms with Gasteiger partial charge in [-0.2, -0.15) is 0 Å². The van der Waals surface area contributed by atoms with E-state index in [0.717, 1.165) is 5.56 Å². The first kappa shape index (κ1) is 16.6. The number of carboxylic acid groups (broad SMARTS) is 2. The number of benzene rings is 1. The van der Waals surface area contributed by atoms with Crippen LogP contribution in [0, 0.1) is 0 Å². The number of aliphatic carboxylic acids is 1. The van der Waals surface area contributed by atoms with Crippen molar-refractivity contribution in [2.75, 3.05) is 6.54 Å². The minimum Gasteiger partial charge on any atom is -0.481 e. The molecule has 0 aliphatic rings. The van der Waals surface area contributed by atoms with Crippen molar-refractivity contribution >= 4 is 17.8 Å². The van der Waals surface area contributed by atoms with Crippen molar-refractivity contribution in [1.82, 2.24) is 5.32 Å². The quantitative estimate of drug-likeness (QED) is 0.543. The third-order valence-corrected chi connectivity index (χ3v) is 2.92. The standard InChI is InChI=1S/C14H18N2O5/c15-11(5-6-12(17)18)13(19)16-8-7-9-1-3-10(4-2-9)14(20)21/h1-4,11H,5-8,15H2,(H,16,19)(H,17,18)(H,20,21). The van der Waals surface area contributed by atoms with Gasteiger partial charge in [-0.05, 0) is 30.5 Å². The zero-order valence-electron chi connectivity index (χ0n) is 11.4. The van der Waals surface area contributed by atoms with Gasteiger partial charge in [0, 0.05) is 13.0 Å². The number of nitrogens with one attached hydrogen (secondary N) is 1. The molecule has 0 radical (unpaired) electrons. The minimum absolute atomic E-state index is 0.0917. The summed E-state index contributed by atoms with van der Waals surface area (Å²) < 4.78 is 0. The van der Waals surface area contributed by atoms with Crippen molar-refractivity contribution in [2.24, 2.45) is 5.73 Å². The Morgan fingerprint density at radius 1 is 1.14 bits per heavy atom. The maximum Gasteiger partial charge on any atom is 0.335 e. The molecule has 7 heteroatoms. The van der Waals surface area contributed by atoms with E-state index in [1.54, 1.807) is 12.1 Å². The van der Waals surface area contributed by atoms with Crippen molar-refractivity contribution in [1.29, 1.82) is 0 Å². The highest BCUT2D eigenvalue weighted by Gasteiger charge is 2.14. The molecule has 1 aromatic carbocycles. The fraction of sp³-hybridized carbons (Fsp3) is 0.357. The van der Waals surface area contributed by atoms with Crippen LogP contribution in [0.5, 0.6) is 0 Å². The Balaban J connectivity index is 2.34. The summed E-state index contributed by atoms with van der Waals surface area (Å²) >= 11 is 0. The van der Waals surface area contributed by atoms with Gasteiger partial charge in [0.25, 0.3) is 0 Å². The predicted molar refractivity (Wildman–Crippen MR) is 75.0 cm³/mol. The maximum absolute atomic E-state index is 11.6. The van der Waals surface area contributed by atoms with Crippen LogP contribution in [0.3, 0.4) is 0 Å². The van der Waals surface area contributed by atoms with E-state index in [9.17, 15) is 14.4 Å². The Labute approximate surface area is 121 Å². The maximum atomic E-state index is 11.6. The second kappa shape index (κ2) is 8.01. The summed E-state index contributed by atoms with van der Waals surface area (Å²) in [5.41, 5.74) is 6.65. The van der Waals surface area contributed by atoms with E-state index >= 15 is 0 Å². The highest BCUT2D eigenvalue weighted by molar-refractivity contribution is 5.87. The first-order valence-corrected chi connectivity index (χ1v) is 6.47. The molecule has 21 heavy (non-hydrogen) atoms. The number of rotatable bonds is 8. The van der Waals surface area contributed by atoms with Gasteiger partial charge in [-0.1, -0.05) is 12.1 Å². The van der Waals surface area contributed by atoms with Gasteiger partial charge >= 0.3 is 11.9 Å². The number of carboxylic acids is 2. The average Bonchev–Trinajstić information content (AvgIpc) is 2.45. The first-order valence-electron chi connectivity index (χ1n) is 6.47. The summed E-state index contributed by atoms with van der Waals surface area (Å²) in [5, 5.41) is 19.9. The van der Waals surface area contributed by atoms with Gasteiger partial charge in [0.05, 0.1) is 11.6 Å². The number of hydrogen-bond donors (Lipinski definition) is 4. The molecule has 7 nitrogen and oxygen atoms in total. The fourth-order valence-corrected chi connectivity index (χ4v) is 1.69. The van der Waals surface area contributed by atoms with E-state index in [-0.39, 0.29) is 18.4 Å². The Morgan fingerprint density at radius 2 is 1.76 bits per heavy atom. The normalized spacial score (nSPS) is 11.7. The van der Waals surface area contributed by atoms with Crippen molar-refractivity contribution in [3.63, 3.8) is 0 Å². The molecular weight excluding hydrogens is 276 g/mol. The van der Waals surface area contributed by atoms with Crippen molar-refractivity contribution in [3.05, 3.63) is 35.4 Å². The number of carbonyl (C=O) groups is 3. The molecule has 114 valence electrons. The molecule has 1 atom stereocenters. The van der Waals surface area contributed by atoms with Crippen molar-refractivity contribution in [2.45, 2.75) is 25.3 Å². The van der Waals surface area contributed by atoms with Crippen LogP contribution in [0.2, 0.25) is 0 Å². The molecule has 0 aliphatic heterocycles. The summed E-state index contributed by atoms with van der Waals surface area (Å²) in [6.07, 6.45) is 0.483. The molecule has 1 aromatic rings. The molecule has 0 spiro atoms. The lowest BCUT2D eigenvalue weighted by Gasteiger charge is -2.11. The van der Waals surface area contributed by atoms with E-state index in [0.29, 0.717) is 13.0 Å². The predicted octanol–water partition coefficient (Wildman–Crippen LogP) is 0.236. The molecule has 0 saturated carbocycles. The SMILES string of the molecule is NC(CCC(=O)O)C(=O)NCCc1ccc(C(=O)O)cc1.